The molecule has 0 spiro atoms. The molecule has 1 aliphatic heterocycles. The van der Waals surface area contributed by atoms with Crippen molar-refractivity contribution in [2.45, 2.75) is 26.4 Å². The number of nitrogens with zero attached hydrogens (tertiary/aromatic N) is 1. The Morgan fingerprint density at radius 2 is 2.41 bits per heavy atom. The molecule has 0 aliphatic carbocycles. The lowest BCUT2D eigenvalue weighted by atomic mass is 10.1. The number of halogens is 1. The zero-order valence-corrected chi connectivity index (χ0v) is 10.5. The topological polar surface area (TPSA) is 51.0 Å². The quantitative estimate of drug-likeness (QED) is 0.513. The summed E-state index contributed by atoms with van der Waals surface area (Å²) in [6.07, 6.45) is 1.00. The zero-order chi connectivity index (χ0) is 12.4. The Hall–Kier alpha value is -1.42. The van der Waals surface area contributed by atoms with Crippen LogP contribution in [0, 0.1) is 0 Å². The van der Waals surface area contributed by atoms with Crippen LogP contribution in [0.3, 0.4) is 0 Å². The summed E-state index contributed by atoms with van der Waals surface area (Å²) in [4.78, 5) is 0. The molecule has 17 heavy (non-hydrogen) atoms. The van der Waals surface area contributed by atoms with Crippen LogP contribution in [0.2, 0.25) is 0 Å². The second-order valence-corrected chi connectivity index (χ2v) is 4.27. The summed E-state index contributed by atoms with van der Waals surface area (Å²) in [5, 5.41) is 11.7. The highest BCUT2D eigenvalue weighted by molar-refractivity contribution is 6.69. The summed E-state index contributed by atoms with van der Waals surface area (Å²) < 4.78 is 11.1. The van der Waals surface area contributed by atoms with Gasteiger partial charge in [-0.1, -0.05) is 16.8 Å². The summed E-state index contributed by atoms with van der Waals surface area (Å²) in [6.45, 7) is 4.42. The first-order valence-electron chi connectivity index (χ1n) is 5.50. The number of oxime groups is 1. The highest BCUT2D eigenvalue weighted by Crippen LogP contribution is 2.35. The number of fused-ring (bicyclic) bond motifs is 1. The Balaban J connectivity index is 2.47. The van der Waals surface area contributed by atoms with Crippen molar-refractivity contribution in [2.24, 2.45) is 5.16 Å². The normalized spacial score (nSPS) is 18.8. The van der Waals surface area contributed by atoms with Gasteiger partial charge in [0.05, 0.1) is 12.2 Å². The fourth-order valence-corrected chi connectivity index (χ4v) is 2.08. The van der Waals surface area contributed by atoms with Crippen LogP contribution in [0.25, 0.3) is 0 Å². The first kappa shape index (κ1) is 12.0. The van der Waals surface area contributed by atoms with Gasteiger partial charge in [-0.15, -0.1) is 0 Å². The second kappa shape index (κ2) is 4.84. The molecule has 5 heteroatoms. The molecule has 0 radical (unpaired) electrons. The van der Waals surface area contributed by atoms with Gasteiger partial charge in [0, 0.05) is 12.0 Å². The van der Waals surface area contributed by atoms with Crippen LogP contribution in [-0.2, 0) is 6.42 Å². The number of hydrogen-bond acceptors (Lipinski definition) is 4. The lowest BCUT2D eigenvalue weighted by Crippen LogP contribution is -2.05. The average Bonchev–Trinajstić information content (AvgIpc) is 2.66. The molecule has 1 aromatic carbocycles. The Kier molecular flexibility index (Phi) is 3.43. The molecule has 0 aromatic heterocycles. The summed E-state index contributed by atoms with van der Waals surface area (Å²) in [6, 6.07) is 3.65. The van der Waals surface area contributed by atoms with Crippen molar-refractivity contribution in [1.29, 1.82) is 0 Å². The highest BCUT2D eigenvalue weighted by Gasteiger charge is 2.23. The summed E-state index contributed by atoms with van der Waals surface area (Å²) in [5.41, 5.74) is 1.64. The Morgan fingerprint density at radius 1 is 1.65 bits per heavy atom. The molecule has 1 aliphatic rings. The minimum Gasteiger partial charge on any atom is -0.493 e. The third-order valence-corrected chi connectivity index (χ3v) is 2.89. The van der Waals surface area contributed by atoms with E-state index in [0.29, 0.717) is 17.9 Å². The summed E-state index contributed by atoms with van der Waals surface area (Å²) in [7, 11) is 0. The van der Waals surface area contributed by atoms with Crippen LogP contribution in [0.5, 0.6) is 11.5 Å². The van der Waals surface area contributed by atoms with Crippen LogP contribution in [0.1, 0.15) is 25.0 Å². The SMILES string of the molecule is CCOc1cc2c(cc1/C(Cl)=N/O)OC(C)C2. The van der Waals surface area contributed by atoms with E-state index in [1.165, 1.54) is 0 Å². The van der Waals surface area contributed by atoms with Crippen molar-refractivity contribution in [1.82, 2.24) is 0 Å². The van der Waals surface area contributed by atoms with Gasteiger partial charge >= 0.3 is 0 Å². The van der Waals surface area contributed by atoms with E-state index in [1.807, 2.05) is 19.9 Å². The molecule has 2 rings (SSSR count). The highest BCUT2D eigenvalue weighted by atomic mass is 35.5. The molecule has 1 unspecified atom stereocenters. The van der Waals surface area contributed by atoms with E-state index in [2.05, 4.69) is 5.16 Å². The van der Waals surface area contributed by atoms with Crippen LogP contribution >= 0.6 is 11.6 Å². The van der Waals surface area contributed by atoms with Gasteiger partial charge in [0.25, 0.3) is 0 Å². The van der Waals surface area contributed by atoms with Gasteiger partial charge in [-0.3, -0.25) is 0 Å². The van der Waals surface area contributed by atoms with Crippen LogP contribution < -0.4 is 9.47 Å². The van der Waals surface area contributed by atoms with E-state index in [1.54, 1.807) is 6.07 Å². The van der Waals surface area contributed by atoms with E-state index >= 15 is 0 Å². The maximum atomic E-state index is 8.74. The zero-order valence-electron chi connectivity index (χ0n) is 9.74. The first-order chi connectivity index (χ1) is 8.15. The largest absolute Gasteiger partial charge is 0.493 e. The van der Waals surface area contributed by atoms with Crippen LogP contribution in [0.4, 0.5) is 0 Å². The molecular formula is C12H14ClNO3. The fourth-order valence-electron chi connectivity index (χ4n) is 1.93. The Bertz CT molecular complexity index is 459. The summed E-state index contributed by atoms with van der Waals surface area (Å²) in [5.74, 6) is 1.39. The maximum absolute atomic E-state index is 8.74. The summed E-state index contributed by atoms with van der Waals surface area (Å²) >= 11 is 5.83. The van der Waals surface area contributed by atoms with Crippen molar-refractivity contribution in [3.05, 3.63) is 23.3 Å². The predicted octanol–water partition coefficient (Wildman–Crippen LogP) is 2.78. The molecule has 0 saturated carbocycles. The first-order valence-corrected chi connectivity index (χ1v) is 5.87. The van der Waals surface area contributed by atoms with Gasteiger partial charge in [0.2, 0.25) is 0 Å². The van der Waals surface area contributed by atoms with Crippen LogP contribution in [-0.4, -0.2) is 23.1 Å². The predicted molar refractivity (Wildman–Crippen MR) is 65.6 cm³/mol. The average molecular weight is 256 g/mol. The maximum Gasteiger partial charge on any atom is 0.179 e. The third kappa shape index (κ3) is 2.31. The lowest BCUT2D eigenvalue weighted by Gasteiger charge is -2.10. The van der Waals surface area contributed by atoms with Crippen molar-refractivity contribution < 1.29 is 14.7 Å². The Morgan fingerprint density at radius 3 is 3.06 bits per heavy atom. The number of rotatable bonds is 3. The van der Waals surface area contributed by atoms with E-state index in [9.17, 15) is 0 Å². The Labute approximate surface area is 105 Å². The molecule has 92 valence electrons. The molecular weight excluding hydrogens is 242 g/mol. The van der Waals surface area contributed by atoms with Gasteiger partial charge in [0.1, 0.15) is 17.6 Å². The van der Waals surface area contributed by atoms with Gasteiger partial charge in [-0.25, -0.2) is 0 Å². The van der Waals surface area contributed by atoms with E-state index in [4.69, 9.17) is 26.3 Å². The lowest BCUT2D eigenvalue weighted by molar-refractivity contribution is 0.254. The third-order valence-electron chi connectivity index (χ3n) is 2.61. The second-order valence-electron chi connectivity index (χ2n) is 3.91. The molecule has 0 amide bonds. The van der Waals surface area contributed by atoms with Crippen molar-refractivity contribution in [3.63, 3.8) is 0 Å². The van der Waals surface area contributed by atoms with Crippen molar-refractivity contribution in [3.8, 4) is 11.5 Å². The number of ether oxygens (including phenoxy) is 2. The fraction of sp³-hybridized carbons (Fsp3) is 0.417. The minimum atomic E-state index is -0.000553. The van der Waals surface area contributed by atoms with E-state index < -0.39 is 0 Å². The standard InChI is InChI=1S/C12H14ClNO3/c1-3-16-11-5-8-4-7(2)17-10(8)6-9(11)12(13)14-15/h5-7,15H,3-4H2,1-2H3/b14-12-. The number of benzene rings is 1. The van der Waals surface area contributed by atoms with Gasteiger partial charge in [-0.05, 0) is 26.0 Å². The molecule has 1 N–H and O–H groups in total. The smallest absolute Gasteiger partial charge is 0.179 e. The minimum absolute atomic E-state index is 0.000553. The molecule has 1 atom stereocenters. The molecule has 0 fully saturated rings. The van der Waals surface area contributed by atoms with Crippen molar-refractivity contribution in [2.75, 3.05) is 6.61 Å². The molecule has 0 bridgehead atoms. The van der Waals surface area contributed by atoms with Gasteiger partial charge in [-0.2, -0.15) is 0 Å². The molecule has 1 heterocycles. The van der Waals surface area contributed by atoms with Gasteiger partial charge < -0.3 is 14.7 Å². The van der Waals surface area contributed by atoms with E-state index in [0.717, 1.165) is 17.7 Å². The van der Waals surface area contributed by atoms with Crippen LogP contribution in [0.15, 0.2) is 17.3 Å². The monoisotopic (exact) mass is 255 g/mol. The van der Waals surface area contributed by atoms with Crippen molar-refractivity contribution >= 4 is 16.8 Å². The number of hydrogen-bond donors (Lipinski definition) is 1. The van der Waals surface area contributed by atoms with Gasteiger partial charge in [0.15, 0.2) is 5.17 Å². The molecule has 0 saturated heterocycles. The van der Waals surface area contributed by atoms with E-state index in [-0.39, 0.29) is 11.3 Å². The molecule has 4 nitrogen and oxygen atoms in total. The molecule has 1 aromatic rings.